The summed E-state index contributed by atoms with van der Waals surface area (Å²) in [4.78, 5) is 0. The minimum Gasteiger partial charge on any atom is -0.393 e. The van der Waals surface area contributed by atoms with Crippen LogP contribution in [0.3, 0.4) is 0 Å². The Kier molecular flexibility index (Phi) is 6.39. The summed E-state index contributed by atoms with van der Waals surface area (Å²) in [5.41, 5.74) is -1.64. The molecule has 0 amide bonds. The highest BCUT2D eigenvalue weighted by Crippen LogP contribution is 2.67. The van der Waals surface area contributed by atoms with Crippen LogP contribution < -0.4 is 0 Å². The topological polar surface area (TPSA) is 40.5 Å². The maximum atomic E-state index is 13.5. The molecule has 5 heteroatoms. The lowest BCUT2D eigenvalue weighted by Crippen LogP contribution is -2.55. The summed E-state index contributed by atoms with van der Waals surface area (Å²) in [7, 11) is 0. The molecule has 190 valence electrons. The van der Waals surface area contributed by atoms with Crippen LogP contribution in [-0.2, 0) is 0 Å². The average molecular weight is 471 g/mol. The molecule has 0 radical (unpaired) electrons. The molecule has 2 nitrogen and oxygen atoms in total. The van der Waals surface area contributed by atoms with E-state index in [2.05, 4.69) is 40.7 Å². The fourth-order valence-electron chi connectivity index (χ4n) is 8.46. The lowest BCUT2D eigenvalue weighted by Gasteiger charge is -2.59. The van der Waals surface area contributed by atoms with Crippen molar-refractivity contribution >= 4 is 0 Å². The van der Waals surface area contributed by atoms with Gasteiger partial charge < -0.3 is 10.2 Å². The summed E-state index contributed by atoms with van der Waals surface area (Å²) >= 11 is 0. The molecule has 2 N–H and O–H groups in total. The van der Waals surface area contributed by atoms with Crippen LogP contribution in [-0.4, -0.2) is 28.1 Å². The van der Waals surface area contributed by atoms with Gasteiger partial charge >= 0.3 is 6.18 Å². The number of rotatable bonds is 4. The maximum absolute atomic E-state index is 13.5. The predicted molar refractivity (Wildman–Crippen MR) is 126 cm³/mol. The third-order valence-electron chi connectivity index (χ3n) is 10.9. The Labute approximate surface area is 198 Å². The molecule has 4 rings (SSSR count). The molecule has 0 aromatic heterocycles. The molecule has 0 saturated heterocycles. The summed E-state index contributed by atoms with van der Waals surface area (Å²) < 4.78 is 40.6. The predicted octanol–water partition coefficient (Wildman–Crippen LogP) is 7.44. The molecule has 4 aliphatic carbocycles. The number of fused-ring (bicyclic) bond motifs is 5. The third kappa shape index (κ3) is 4.21. The summed E-state index contributed by atoms with van der Waals surface area (Å²) in [5, 5.41) is 20.8. The van der Waals surface area contributed by atoms with E-state index in [0.29, 0.717) is 35.5 Å². The fraction of sp³-hybridized carbons (Fsp3) is 0.929. The highest BCUT2D eigenvalue weighted by molar-refractivity contribution is 5.27. The quantitative estimate of drug-likeness (QED) is 0.419. The summed E-state index contributed by atoms with van der Waals surface area (Å²) in [6.07, 6.45) is 6.01. The van der Waals surface area contributed by atoms with Gasteiger partial charge in [0.2, 0.25) is 0 Å². The van der Waals surface area contributed by atoms with Gasteiger partial charge in [-0.1, -0.05) is 52.7 Å². The molecule has 33 heavy (non-hydrogen) atoms. The van der Waals surface area contributed by atoms with E-state index >= 15 is 0 Å². The van der Waals surface area contributed by atoms with Crippen molar-refractivity contribution in [3.8, 4) is 0 Å². The lowest BCUT2D eigenvalue weighted by atomic mass is 9.46. The van der Waals surface area contributed by atoms with Gasteiger partial charge in [0.1, 0.15) is 0 Å². The van der Waals surface area contributed by atoms with Crippen LogP contribution in [0.5, 0.6) is 0 Å². The van der Waals surface area contributed by atoms with E-state index in [1.165, 1.54) is 19.3 Å². The Morgan fingerprint density at radius 3 is 2.36 bits per heavy atom. The van der Waals surface area contributed by atoms with Gasteiger partial charge in [-0.2, -0.15) is 13.2 Å². The number of alkyl halides is 3. The minimum absolute atomic E-state index is 0.0694. The van der Waals surface area contributed by atoms with Crippen molar-refractivity contribution in [1.29, 1.82) is 0 Å². The van der Waals surface area contributed by atoms with E-state index in [0.717, 1.165) is 37.7 Å². The van der Waals surface area contributed by atoms with Gasteiger partial charge in [-0.05, 0) is 97.7 Å². The Balaban J connectivity index is 1.46. The second-order valence-corrected chi connectivity index (χ2v) is 13.6. The van der Waals surface area contributed by atoms with E-state index in [4.69, 9.17) is 0 Å². The SMILES string of the molecule is CC(C)(C)C(O)CCCC1CCC2C3CC=C4C[C@](O)(C(F)(F)F)CCC4(C)C3CCC12C. The molecular formula is C28H45F3O2. The number of hydrogen-bond acceptors (Lipinski definition) is 2. The second-order valence-electron chi connectivity index (χ2n) is 13.6. The number of allylic oxidation sites excluding steroid dienone is 1. The third-order valence-corrected chi connectivity index (χ3v) is 10.9. The normalized spacial score (nSPS) is 44.5. The van der Waals surface area contributed by atoms with Gasteiger partial charge in [0, 0.05) is 6.42 Å². The Bertz CT molecular complexity index is 768. The molecule has 0 spiro atoms. The Morgan fingerprint density at radius 2 is 1.73 bits per heavy atom. The van der Waals surface area contributed by atoms with Crippen LogP contribution in [0.4, 0.5) is 13.2 Å². The average Bonchev–Trinajstić information content (AvgIpc) is 3.03. The number of hydrogen-bond donors (Lipinski definition) is 2. The van der Waals surface area contributed by atoms with Crippen molar-refractivity contribution in [2.75, 3.05) is 0 Å². The molecule has 8 atom stereocenters. The van der Waals surface area contributed by atoms with E-state index in [1.807, 2.05) is 0 Å². The van der Waals surface area contributed by atoms with Crippen LogP contribution >= 0.6 is 0 Å². The van der Waals surface area contributed by atoms with E-state index < -0.39 is 11.8 Å². The minimum atomic E-state index is -4.56. The van der Waals surface area contributed by atoms with Crippen molar-refractivity contribution in [3.63, 3.8) is 0 Å². The van der Waals surface area contributed by atoms with E-state index in [9.17, 15) is 23.4 Å². The van der Waals surface area contributed by atoms with Crippen LogP contribution in [0.15, 0.2) is 11.6 Å². The Morgan fingerprint density at radius 1 is 1.03 bits per heavy atom. The standard InChI is InChI=1S/C28H45F3O2/c1-24(2,3)23(32)8-6-7-18-10-12-21-20-11-9-19-17-27(33,28(29,30)31)16-15-26(19,5)22(20)13-14-25(18,21)4/h9,18,20-23,32-33H,6-8,10-17H2,1-5H3/t18?,20?,21?,22?,23?,25?,26?,27-/m0/s1. The van der Waals surface area contributed by atoms with Gasteiger partial charge in [-0.25, -0.2) is 0 Å². The van der Waals surface area contributed by atoms with E-state index in [1.54, 1.807) is 0 Å². The van der Waals surface area contributed by atoms with Crippen LogP contribution in [0.1, 0.15) is 105 Å². The van der Waals surface area contributed by atoms with Crippen molar-refractivity contribution in [1.82, 2.24) is 0 Å². The fourth-order valence-corrected chi connectivity index (χ4v) is 8.46. The van der Waals surface area contributed by atoms with Crippen molar-refractivity contribution in [2.24, 2.45) is 39.9 Å². The van der Waals surface area contributed by atoms with Crippen LogP contribution in [0.2, 0.25) is 0 Å². The van der Waals surface area contributed by atoms with Gasteiger partial charge in [0.25, 0.3) is 0 Å². The smallest absolute Gasteiger partial charge is 0.393 e. The zero-order chi connectivity index (χ0) is 24.4. The first kappa shape index (κ1) is 25.5. The molecule has 7 unspecified atom stereocenters. The molecule has 0 aliphatic heterocycles. The van der Waals surface area contributed by atoms with Crippen LogP contribution in [0, 0.1) is 39.9 Å². The van der Waals surface area contributed by atoms with Gasteiger partial charge in [-0.15, -0.1) is 0 Å². The zero-order valence-electron chi connectivity index (χ0n) is 21.3. The molecular weight excluding hydrogens is 425 g/mol. The zero-order valence-corrected chi connectivity index (χ0v) is 21.3. The monoisotopic (exact) mass is 470 g/mol. The first-order chi connectivity index (χ1) is 15.1. The molecule has 0 aromatic carbocycles. The number of aliphatic hydroxyl groups excluding tert-OH is 1. The van der Waals surface area contributed by atoms with Gasteiger partial charge in [0.15, 0.2) is 5.60 Å². The number of aliphatic hydroxyl groups is 2. The van der Waals surface area contributed by atoms with Gasteiger partial charge in [0.05, 0.1) is 6.10 Å². The summed E-state index contributed by atoms with van der Waals surface area (Å²) in [6.45, 7) is 11.0. The first-order valence-corrected chi connectivity index (χ1v) is 13.3. The van der Waals surface area contributed by atoms with Gasteiger partial charge in [-0.3, -0.25) is 0 Å². The molecule has 4 aliphatic rings. The molecule has 3 fully saturated rings. The molecule has 0 bridgehead atoms. The maximum Gasteiger partial charge on any atom is 0.417 e. The largest absolute Gasteiger partial charge is 0.417 e. The van der Waals surface area contributed by atoms with Crippen molar-refractivity contribution < 1.29 is 23.4 Å². The first-order valence-electron chi connectivity index (χ1n) is 13.3. The summed E-state index contributed by atoms with van der Waals surface area (Å²) in [6, 6.07) is 0. The van der Waals surface area contributed by atoms with Crippen molar-refractivity contribution in [3.05, 3.63) is 11.6 Å². The van der Waals surface area contributed by atoms with Crippen LogP contribution in [0.25, 0.3) is 0 Å². The number of halogens is 3. The van der Waals surface area contributed by atoms with E-state index in [-0.39, 0.29) is 29.8 Å². The van der Waals surface area contributed by atoms with Crippen molar-refractivity contribution in [2.45, 2.75) is 123 Å². The molecule has 0 aromatic rings. The highest BCUT2D eigenvalue weighted by Gasteiger charge is 2.63. The highest BCUT2D eigenvalue weighted by atomic mass is 19.4. The molecule has 0 heterocycles. The Hall–Kier alpha value is -0.550. The summed E-state index contributed by atoms with van der Waals surface area (Å²) in [5.74, 6) is 2.33. The second kappa shape index (κ2) is 8.25. The lowest BCUT2D eigenvalue weighted by molar-refractivity contribution is -0.271. The molecule has 3 saturated carbocycles.